The molecule has 0 saturated heterocycles. The van der Waals surface area contributed by atoms with Gasteiger partial charge in [-0.25, -0.2) is 4.90 Å². The van der Waals surface area contributed by atoms with E-state index in [1.165, 1.54) is 24.3 Å². The van der Waals surface area contributed by atoms with E-state index in [0.717, 1.165) is 20.1 Å². The summed E-state index contributed by atoms with van der Waals surface area (Å²) in [5, 5.41) is 12.7. The van der Waals surface area contributed by atoms with E-state index < -0.39 is 17.8 Å². The van der Waals surface area contributed by atoms with Gasteiger partial charge >= 0.3 is 0 Å². The predicted molar refractivity (Wildman–Crippen MR) is 93.6 cm³/mol. The number of anilines is 1. The summed E-state index contributed by atoms with van der Waals surface area (Å²) in [5.41, 5.74) is 0.704. The molecule has 25 heavy (non-hydrogen) atoms. The normalized spacial score (nSPS) is 13.4. The number of carbonyl (C=O) groups excluding carboxylic acids is 3. The third kappa shape index (κ3) is 2.34. The lowest BCUT2D eigenvalue weighted by atomic mass is 10.0. The summed E-state index contributed by atoms with van der Waals surface area (Å²) in [6.45, 7) is 0. The number of benzene rings is 3. The number of aromatic carboxylic acids is 1. The number of carboxylic acid groups (broad SMARTS) is 1. The Morgan fingerprint density at radius 1 is 0.920 bits per heavy atom. The quantitative estimate of drug-likeness (QED) is 0.626. The monoisotopic (exact) mass is 394 g/mol. The molecule has 1 aliphatic rings. The summed E-state index contributed by atoms with van der Waals surface area (Å²) in [4.78, 5) is 37.5. The molecule has 3 aromatic rings. The second-order valence-corrected chi connectivity index (χ2v) is 6.50. The van der Waals surface area contributed by atoms with Crippen LogP contribution in [-0.2, 0) is 0 Å². The zero-order valence-electron chi connectivity index (χ0n) is 12.7. The molecule has 0 fully saturated rings. The molecule has 2 amide bonds. The van der Waals surface area contributed by atoms with Crippen molar-refractivity contribution in [2.24, 2.45) is 0 Å². The third-order valence-electron chi connectivity index (χ3n) is 4.17. The molecule has 0 unspecified atom stereocenters. The second-order valence-electron chi connectivity index (χ2n) is 5.64. The van der Waals surface area contributed by atoms with E-state index in [4.69, 9.17) is 0 Å². The molecular weight excluding hydrogens is 386 g/mol. The molecule has 0 aliphatic carbocycles. The Morgan fingerprint density at radius 2 is 1.60 bits per heavy atom. The van der Waals surface area contributed by atoms with Gasteiger partial charge in [-0.05, 0) is 46.7 Å². The van der Waals surface area contributed by atoms with E-state index in [2.05, 4.69) is 15.9 Å². The highest BCUT2D eigenvalue weighted by Gasteiger charge is 2.37. The van der Waals surface area contributed by atoms with E-state index in [-0.39, 0.29) is 11.3 Å². The minimum absolute atomic E-state index is 0.0954. The van der Waals surface area contributed by atoms with Gasteiger partial charge in [-0.1, -0.05) is 40.2 Å². The first-order chi connectivity index (χ1) is 12.0. The Kier molecular flexibility index (Phi) is 3.43. The number of amides is 2. The van der Waals surface area contributed by atoms with Gasteiger partial charge in [0, 0.05) is 4.47 Å². The number of halogens is 1. The SMILES string of the molecule is O=C([O-])c1cccc(N2C(=O)c3cc4cccc(Br)c4cc3C2=O)c1. The average molecular weight is 395 g/mol. The second kappa shape index (κ2) is 5.53. The van der Waals surface area contributed by atoms with Gasteiger partial charge in [0.15, 0.2) is 0 Å². The van der Waals surface area contributed by atoms with Crippen LogP contribution in [0.5, 0.6) is 0 Å². The number of carbonyl (C=O) groups is 3. The molecule has 0 N–H and O–H groups in total. The van der Waals surface area contributed by atoms with Crippen LogP contribution in [-0.4, -0.2) is 17.8 Å². The first-order valence-corrected chi connectivity index (χ1v) is 8.19. The van der Waals surface area contributed by atoms with Crippen LogP contribution in [0, 0.1) is 0 Å². The molecule has 3 aromatic carbocycles. The van der Waals surface area contributed by atoms with Crippen molar-refractivity contribution >= 4 is 50.2 Å². The first kappa shape index (κ1) is 15.5. The van der Waals surface area contributed by atoms with E-state index in [9.17, 15) is 19.5 Å². The molecule has 0 radical (unpaired) electrons. The van der Waals surface area contributed by atoms with Crippen molar-refractivity contribution in [1.29, 1.82) is 0 Å². The molecule has 5 nitrogen and oxygen atoms in total. The molecule has 0 atom stereocenters. The fourth-order valence-corrected chi connectivity index (χ4v) is 3.48. The number of hydrogen-bond acceptors (Lipinski definition) is 4. The van der Waals surface area contributed by atoms with Gasteiger partial charge in [-0.3, -0.25) is 9.59 Å². The smallest absolute Gasteiger partial charge is 0.266 e. The number of imide groups is 1. The minimum Gasteiger partial charge on any atom is -0.545 e. The lowest BCUT2D eigenvalue weighted by molar-refractivity contribution is -0.255. The van der Waals surface area contributed by atoms with Crippen LogP contribution in [0.3, 0.4) is 0 Å². The topological polar surface area (TPSA) is 77.5 Å². The van der Waals surface area contributed by atoms with Crippen LogP contribution in [0.25, 0.3) is 10.8 Å². The molecule has 0 aromatic heterocycles. The molecule has 1 heterocycles. The summed E-state index contributed by atoms with van der Waals surface area (Å²) in [6.07, 6.45) is 0. The van der Waals surface area contributed by atoms with Crippen LogP contribution >= 0.6 is 15.9 Å². The predicted octanol–water partition coefficient (Wildman–Crippen LogP) is 2.77. The van der Waals surface area contributed by atoms with E-state index in [1.54, 1.807) is 12.1 Å². The largest absolute Gasteiger partial charge is 0.545 e. The maximum Gasteiger partial charge on any atom is 0.266 e. The Morgan fingerprint density at radius 3 is 2.32 bits per heavy atom. The zero-order chi connectivity index (χ0) is 17.7. The molecule has 1 aliphatic heterocycles. The van der Waals surface area contributed by atoms with Crippen LogP contribution in [0.15, 0.2) is 59.1 Å². The molecule has 0 saturated carbocycles. The summed E-state index contributed by atoms with van der Waals surface area (Å²) < 4.78 is 0.824. The number of fused-ring (bicyclic) bond motifs is 2. The fraction of sp³-hybridized carbons (Fsp3) is 0. The van der Waals surface area contributed by atoms with Gasteiger partial charge in [0.2, 0.25) is 0 Å². The van der Waals surface area contributed by atoms with E-state index in [0.29, 0.717) is 11.1 Å². The van der Waals surface area contributed by atoms with Crippen molar-refractivity contribution in [3.05, 3.63) is 75.8 Å². The minimum atomic E-state index is -1.37. The standard InChI is InChI=1S/C19H10BrNO4/c20-16-6-2-3-10-8-14-15(9-13(10)16)18(23)21(17(14)22)12-5-1-4-11(7-12)19(24)25/h1-9H,(H,24,25)/p-1. The van der Waals surface area contributed by atoms with Crippen molar-refractivity contribution < 1.29 is 19.5 Å². The Hall–Kier alpha value is -2.99. The number of carboxylic acids is 1. The molecular formula is C19H9BrNO4-. The van der Waals surface area contributed by atoms with Crippen molar-refractivity contribution in [3.63, 3.8) is 0 Å². The van der Waals surface area contributed by atoms with Crippen LogP contribution < -0.4 is 10.0 Å². The highest BCUT2D eigenvalue weighted by atomic mass is 79.9. The van der Waals surface area contributed by atoms with Crippen molar-refractivity contribution in [2.45, 2.75) is 0 Å². The maximum atomic E-state index is 12.8. The molecule has 0 spiro atoms. The Labute approximate surface area is 150 Å². The summed E-state index contributed by atoms with van der Waals surface area (Å²) >= 11 is 3.44. The van der Waals surface area contributed by atoms with E-state index >= 15 is 0 Å². The Bertz CT molecular complexity index is 1090. The number of rotatable bonds is 2. The van der Waals surface area contributed by atoms with Crippen molar-refractivity contribution in [2.75, 3.05) is 4.90 Å². The molecule has 0 bridgehead atoms. The lowest BCUT2D eigenvalue weighted by Crippen LogP contribution is -2.30. The highest BCUT2D eigenvalue weighted by Crippen LogP contribution is 2.34. The number of nitrogens with zero attached hydrogens (tertiary/aromatic N) is 1. The summed E-state index contributed by atoms with van der Waals surface area (Å²) in [6, 6.07) is 14.5. The van der Waals surface area contributed by atoms with Gasteiger partial charge < -0.3 is 9.90 Å². The average Bonchev–Trinajstić information content (AvgIpc) is 2.84. The number of hydrogen-bond donors (Lipinski definition) is 0. The van der Waals surface area contributed by atoms with E-state index in [1.807, 2.05) is 18.2 Å². The maximum absolute atomic E-state index is 12.8. The molecule has 6 heteroatoms. The van der Waals surface area contributed by atoms with Crippen molar-refractivity contribution in [3.8, 4) is 0 Å². The van der Waals surface area contributed by atoms with Crippen LogP contribution in [0.2, 0.25) is 0 Å². The van der Waals surface area contributed by atoms with Crippen molar-refractivity contribution in [1.82, 2.24) is 0 Å². The van der Waals surface area contributed by atoms with Gasteiger partial charge in [0.1, 0.15) is 0 Å². The molecule has 122 valence electrons. The highest BCUT2D eigenvalue weighted by molar-refractivity contribution is 9.10. The van der Waals surface area contributed by atoms with Crippen LogP contribution in [0.4, 0.5) is 5.69 Å². The fourth-order valence-electron chi connectivity index (χ4n) is 2.98. The van der Waals surface area contributed by atoms with Gasteiger partial charge in [0.05, 0.1) is 22.8 Å². The summed E-state index contributed by atoms with van der Waals surface area (Å²) in [7, 11) is 0. The van der Waals surface area contributed by atoms with Crippen LogP contribution in [0.1, 0.15) is 31.1 Å². The van der Waals surface area contributed by atoms with Gasteiger partial charge in [0.25, 0.3) is 11.8 Å². The summed E-state index contributed by atoms with van der Waals surface area (Å²) in [5.74, 6) is -2.32. The Balaban J connectivity index is 1.88. The third-order valence-corrected chi connectivity index (χ3v) is 4.86. The first-order valence-electron chi connectivity index (χ1n) is 7.40. The lowest BCUT2D eigenvalue weighted by Gasteiger charge is -2.15. The van der Waals surface area contributed by atoms with Gasteiger partial charge in [-0.15, -0.1) is 0 Å². The van der Waals surface area contributed by atoms with Gasteiger partial charge in [-0.2, -0.15) is 0 Å². The zero-order valence-corrected chi connectivity index (χ0v) is 14.2. The molecule has 4 rings (SSSR count).